The summed E-state index contributed by atoms with van der Waals surface area (Å²) in [6.45, 7) is 5.27. The zero-order chi connectivity index (χ0) is 18.4. The summed E-state index contributed by atoms with van der Waals surface area (Å²) in [5.74, 6) is -1.27. The fraction of sp³-hybridized carbons (Fsp3) is 0.263. The fourth-order valence-corrected chi connectivity index (χ4v) is 2.79. The molecule has 0 spiro atoms. The minimum atomic E-state index is -0.507. The molecule has 0 unspecified atom stereocenters. The Kier molecular flexibility index (Phi) is 6.58. The van der Waals surface area contributed by atoms with E-state index in [1.54, 1.807) is 19.1 Å². The Hall–Kier alpha value is -2.34. The lowest BCUT2D eigenvalue weighted by atomic mass is 10.1. The molecule has 0 bridgehead atoms. The van der Waals surface area contributed by atoms with Crippen LogP contribution in [0.2, 0.25) is 0 Å². The molecule has 1 amide bonds. The van der Waals surface area contributed by atoms with E-state index in [9.17, 15) is 14.0 Å². The molecule has 1 N–H and O–H groups in total. The molecule has 2 aromatic rings. The van der Waals surface area contributed by atoms with E-state index in [0.29, 0.717) is 11.3 Å². The van der Waals surface area contributed by atoms with Crippen molar-refractivity contribution in [2.24, 2.45) is 0 Å². The van der Waals surface area contributed by atoms with Crippen molar-refractivity contribution < 1.29 is 18.7 Å². The number of carbonyl (C=O) groups is 2. The molecule has 2 rings (SSSR count). The first-order chi connectivity index (χ1) is 11.8. The number of aryl methyl sites for hydroxylation is 3. The average molecular weight is 361 g/mol. The molecular weight excluding hydrogens is 341 g/mol. The third-order valence-corrected chi connectivity index (χ3v) is 4.62. The molecular formula is C19H20FNO3S. The molecule has 0 aliphatic carbocycles. The van der Waals surface area contributed by atoms with Crippen LogP contribution >= 0.6 is 11.8 Å². The Balaban J connectivity index is 1.76. The molecule has 0 atom stereocenters. The van der Waals surface area contributed by atoms with Crippen LogP contribution < -0.4 is 5.32 Å². The maximum atomic E-state index is 13.4. The van der Waals surface area contributed by atoms with E-state index in [2.05, 4.69) is 5.32 Å². The molecule has 0 saturated heterocycles. The fourth-order valence-electron chi connectivity index (χ4n) is 2.00. The van der Waals surface area contributed by atoms with Gasteiger partial charge in [0.1, 0.15) is 5.82 Å². The number of benzene rings is 2. The number of halogens is 1. The van der Waals surface area contributed by atoms with E-state index in [-0.39, 0.29) is 5.75 Å². The molecule has 6 heteroatoms. The number of hydrogen-bond acceptors (Lipinski definition) is 4. The van der Waals surface area contributed by atoms with Gasteiger partial charge in [-0.15, -0.1) is 11.8 Å². The molecule has 2 aromatic carbocycles. The predicted octanol–water partition coefficient (Wildman–Crippen LogP) is 4.02. The lowest BCUT2D eigenvalue weighted by molar-refractivity contribution is -0.144. The second kappa shape index (κ2) is 8.67. The van der Waals surface area contributed by atoms with E-state index in [4.69, 9.17) is 4.74 Å². The molecule has 132 valence electrons. The molecule has 0 fully saturated rings. The number of nitrogens with one attached hydrogen (secondary N) is 1. The topological polar surface area (TPSA) is 55.4 Å². The second-order valence-corrected chi connectivity index (χ2v) is 6.76. The highest BCUT2D eigenvalue weighted by atomic mass is 32.2. The van der Waals surface area contributed by atoms with E-state index in [0.717, 1.165) is 10.5 Å². The summed E-state index contributed by atoms with van der Waals surface area (Å²) in [5.41, 5.74) is 3.17. The Bertz CT molecular complexity index is 792. The van der Waals surface area contributed by atoms with Gasteiger partial charge in [-0.05, 0) is 61.7 Å². The summed E-state index contributed by atoms with van der Waals surface area (Å²) in [7, 11) is 0. The first kappa shape index (κ1) is 19.0. The van der Waals surface area contributed by atoms with Gasteiger partial charge in [0.25, 0.3) is 5.91 Å². The molecule has 0 heterocycles. The summed E-state index contributed by atoms with van der Waals surface area (Å²) in [6, 6.07) is 10.3. The number of carbonyl (C=O) groups excluding carboxylic acids is 2. The van der Waals surface area contributed by atoms with Gasteiger partial charge in [0.2, 0.25) is 0 Å². The molecule has 0 saturated carbocycles. The summed E-state index contributed by atoms with van der Waals surface area (Å²) in [4.78, 5) is 24.5. The first-order valence-electron chi connectivity index (χ1n) is 7.77. The number of ether oxygens (including phenoxy) is 1. The largest absolute Gasteiger partial charge is 0.455 e. The van der Waals surface area contributed by atoms with Gasteiger partial charge in [-0.2, -0.15) is 0 Å². The van der Waals surface area contributed by atoms with Crippen molar-refractivity contribution in [2.75, 3.05) is 17.7 Å². The van der Waals surface area contributed by atoms with Crippen LogP contribution in [0.1, 0.15) is 16.7 Å². The molecule has 0 aliphatic rings. The molecule has 25 heavy (non-hydrogen) atoms. The Morgan fingerprint density at radius 2 is 1.76 bits per heavy atom. The van der Waals surface area contributed by atoms with Crippen LogP contribution in [-0.4, -0.2) is 24.2 Å². The molecule has 0 aliphatic heterocycles. The predicted molar refractivity (Wildman–Crippen MR) is 97.4 cm³/mol. The number of rotatable bonds is 6. The van der Waals surface area contributed by atoms with E-state index >= 15 is 0 Å². The highest BCUT2D eigenvalue weighted by molar-refractivity contribution is 8.00. The van der Waals surface area contributed by atoms with E-state index < -0.39 is 24.3 Å². The van der Waals surface area contributed by atoms with Crippen molar-refractivity contribution in [1.29, 1.82) is 0 Å². The van der Waals surface area contributed by atoms with Gasteiger partial charge in [-0.3, -0.25) is 9.59 Å². The van der Waals surface area contributed by atoms with Gasteiger partial charge >= 0.3 is 5.97 Å². The van der Waals surface area contributed by atoms with Gasteiger partial charge in [0, 0.05) is 10.6 Å². The molecule has 4 nitrogen and oxygen atoms in total. The summed E-state index contributed by atoms with van der Waals surface area (Å²) < 4.78 is 18.4. The zero-order valence-corrected chi connectivity index (χ0v) is 15.2. The van der Waals surface area contributed by atoms with Crippen molar-refractivity contribution in [3.63, 3.8) is 0 Å². The van der Waals surface area contributed by atoms with Crippen molar-refractivity contribution in [3.05, 3.63) is 58.9 Å². The third kappa shape index (κ3) is 5.90. The first-order valence-corrected chi connectivity index (χ1v) is 8.75. The second-order valence-electron chi connectivity index (χ2n) is 5.71. The van der Waals surface area contributed by atoms with Crippen LogP contribution in [0.15, 0.2) is 41.3 Å². The third-order valence-electron chi connectivity index (χ3n) is 3.65. The highest BCUT2D eigenvalue weighted by Gasteiger charge is 2.10. The van der Waals surface area contributed by atoms with Gasteiger partial charge in [0.05, 0.1) is 5.75 Å². The smallest absolute Gasteiger partial charge is 0.316 e. The van der Waals surface area contributed by atoms with Crippen molar-refractivity contribution in [2.45, 2.75) is 25.7 Å². The Morgan fingerprint density at radius 3 is 2.44 bits per heavy atom. The van der Waals surface area contributed by atoms with E-state index in [1.165, 1.54) is 23.4 Å². The zero-order valence-electron chi connectivity index (χ0n) is 14.4. The van der Waals surface area contributed by atoms with Crippen LogP contribution in [0.25, 0.3) is 0 Å². The monoisotopic (exact) mass is 361 g/mol. The van der Waals surface area contributed by atoms with Crippen LogP contribution in [0.3, 0.4) is 0 Å². The average Bonchev–Trinajstić information content (AvgIpc) is 2.57. The van der Waals surface area contributed by atoms with E-state index in [1.807, 2.05) is 32.0 Å². The van der Waals surface area contributed by atoms with Crippen molar-refractivity contribution in [3.8, 4) is 0 Å². The summed E-state index contributed by atoms with van der Waals surface area (Å²) in [5, 5.41) is 2.49. The van der Waals surface area contributed by atoms with Crippen LogP contribution in [0, 0.1) is 26.6 Å². The summed E-state index contributed by atoms with van der Waals surface area (Å²) >= 11 is 1.35. The highest BCUT2D eigenvalue weighted by Crippen LogP contribution is 2.21. The van der Waals surface area contributed by atoms with Gasteiger partial charge in [0.15, 0.2) is 6.61 Å². The standard InChI is InChI=1S/C19H20FNO3S/c1-12-5-7-16(8-14(12)3)25-11-19(23)24-10-18(22)21-15-6-4-13(2)17(20)9-15/h4-9H,10-11H2,1-3H3,(H,21,22). The van der Waals surface area contributed by atoms with Crippen LogP contribution in [0.5, 0.6) is 0 Å². The van der Waals surface area contributed by atoms with Gasteiger partial charge in [-0.25, -0.2) is 4.39 Å². The Labute approximate surface area is 150 Å². The number of anilines is 1. The lowest BCUT2D eigenvalue weighted by Crippen LogP contribution is -2.21. The molecule has 0 radical (unpaired) electrons. The number of thioether (sulfide) groups is 1. The molecule has 0 aromatic heterocycles. The number of amides is 1. The normalized spacial score (nSPS) is 10.4. The van der Waals surface area contributed by atoms with Crippen molar-refractivity contribution >= 4 is 29.3 Å². The van der Waals surface area contributed by atoms with Crippen molar-refractivity contribution in [1.82, 2.24) is 0 Å². The lowest BCUT2D eigenvalue weighted by Gasteiger charge is -2.08. The minimum Gasteiger partial charge on any atom is -0.455 e. The maximum absolute atomic E-state index is 13.4. The summed E-state index contributed by atoms with van der Waals surface area (Å²) in [6.07, 6.45) is 0. The van der Waals surface area contributed by atoms with Gasteiger partial charge < -0.3 is 10.1 Å². The quantitative estimate of drug-likeness (QED) is 0.624. The van der Waals surface area contributed by atoms with Gasteiger partial charge in [-0.1, -0.05) is 12.1 Å². The number of esters is 1. The minimum absolute atomic E-state index is 0.120. The Morgan fingerprint density at radius 1 is 1.04 bits per heavy atom. The van der Waals surface area contributed by atoms with Crippen LogP contribution in [-0.2, 0) is 14.3 Å². The maximum Gasteiger partial charge on any atom is 0.316 e. The van der Waals surface area contributed by atoms with Crippen LogP contribution in [0.4, 0.5) is 10.1 Å². The SMILES string of the molecule is Cc1ccc(SCC(=O)OCC(=O)Nc2ccc(C)c(F)c2)cc1C. The number of hydrogen-bond donors (Lipinski definition) is 1.